The summed E-state index contributed by atoms with van der Waals surface area (Å²) in [5, 5.41) is 16.3. The van der Waals surface area contributed by atoms with Gasteiger partial charge in [0.25, 0.3) is 0 Å². The van der Waals surface area contributed by atoms with Gasteiger partial charge in [0.15, 0.2) is 0 Å². The van der Waals surface area contributed by atoms with E-state index in [4.69, 9.17) is 4.74 Å². The third-order valence-corrected chi connectivity index (χ3v) is 4.48. The van der Waals surface area contributed by atoms with Crippen molar-refractivity contribution in [2.75, 3.05) is 19.0 Å². The summed E-state index contributed by atoms with van der Waals surface area (Å²) in [5.74, 6) is 1.15. The topological polar surface area (TPSA) is 70.6 Å². The molecule has 1 fully saturated rings. The van der Waals surface area contributed by atoms with E-state index < -0.39 is 0 Å². The quantitative estimate of drug-likeness (QED) is 0.688. The summed E-state index contributed by atoms with van der Waals surface area (Å²) < 4.78 is 5.09. The van der Waals surface area contributed by atoms with E-state index >= 15 is 0 Å². The molecule has 0 spiro atoms. The van der Waals surface area contributed by atoms with Crippen molar-refractivity contribution < 1.29 is 14.6 Å². The van der Waals surface area contributed by atoms with Crippen LogP contribution in [0.5, 0.6) is 5.75 Å². The Bertz CT molecular complexity index is 484. The molecule has 1 aliphatic rings. The molecule has 1 aliphatic carbocycles. The van der Waals surface area contributed by atoms with E-state index in [0.717, 1.165) is 24.3 Å². The second kappa shape index (κ2) is 8.89. The Morgan fingerprint density at radius 1 is 1.30 bits per heavy atom. The van der Waals surface area contributed by atoms with Gasteiger partial charge in [-0.05, 0) is 49.9 Å². The van der Waals surface area contributed by atoms with Crippen molar-refractivity contribution in [3.8, 4) is 5.75 Å². The van der Waals surface area contributed by atoms with Gasteiger partial charge in [-0.15, -0.1) is 0 Å². The van der Waals surface area contributed by atoms with Crippen LogP contribution in [-0.4, -0.2) is 36.8 Å². The Morgan fingerprint density at radius 3 is 2.57 bits per heavy atom. The molecule has 5 heteroatoms. The van der Waals surface area contributed by atoms with Gasteiger partial charge >= 0.3 is 0 Å². The van der Waals surface area contributed by atoms with Crippen LogP contribution in [0.2, 0.25) is 0 Å². The summed E-state index contributed by atoms with van der Waals surface area (Å²) in [6.07, 6.45) is 4.77. The van der Waals surface area contributed by atoms with Gasteiger partial charge in [0.2, 0.25) is 5.91 Å². The summed E-state index contributed by atoms with van der Waals surface area (Å²) in [7, 11) is 1.61. The van der Waals surface area contributed by atoms with Gasteiger partial charge in [0.1, 0.15) is 5.75 Å². The van der Waals surface area contributed by atoms with Gasteiger partial charge in [0, 0.05) is 24.7 Å². The summed E-state index contributed by atoms with van der Waals surface area (Å²) in [6, 6.07) is 7.30. The molecule has 1 saturated carbocycles. The minimum Gasteiger partial charge on any atom is -0.497 e. The van der Waals surface area contributed by atoms with Crippen LogP contribution in [0.15, 0.2) is 24.3 Å². The fourth-order valence-corrected chi connectivity index (χ4v) is 3.07. The molecule has 2 rings (SSSR count). The Kier molecular flexibility index (Phi) is 6.86. The van der Waals surface area contributed by atoms with E-state index in [-0.39, 0.29) is 18.1 Å². The lowest BCUT2D eigenvalue weighted by molar-refractivity contribution is -0.116. The maximum absolute atomic E-state index is 12.0. The smallest absolute Gasteiger partial charge is 0.225 e. The lowest BCUT2D eigenvalue weighted by Crippen LogP contribution is -2.38. The van der Waals surface area contributed by atoms with Crippen LogP contribution in [0, 0.1) is 5.92 Å². The summed E-state index contributed by atoms with van der Waals surface area (Å²) >= 11 is 0. The zero-order valence-electron chi connectivity index (χ0n) is 14.0. The monoisotopic (exact) mass is 320 g/mol. The maximum Gasteiger partial charge on any atom is 0.225 e. The number of amides is 1. The first-order chi connectivity index (χ1) is 11.1. The first-order valence-electron chi connectivity index (χ1n) is 8.44. The zero-order valence-corrected chi connectivity index (χ0v) is 14.0. The molecular weight excluding hydrogens is 292 g/mol. The second-order valence-corrected chi connectivity index (χ2v) is 6.40. The average molecular weight is 320 g/mol. The molecule has 0 aromatic heterocycles. The molecule has 1 aromatic rings. The number of aliphatic hydroxyl groups excluding tert-OH is 1. The van der Waals surface area contributed by atoms with Crippen LogP contribution in [0.1, 0.15) is 39.0 Å². The number of benzene rings is 1. The Labute approximate surface area is 138 Å². The molecule has 23 heavy (non-hydrogen) atoms. The van der Waals surface area contributed by atoms with Crippen molar-refractivity contribution in [3.63, 3.8) is 0 Å². The van der Waals surface area contributed by atoms with Gasteiger partial charge in [-0.1, -0.05) is 12.8 Å². The number of carbonyl (C=O) groups is 1. The number of hydrogen-bond donors (Lipinski definition) is 3. The molecule has 0 heterocycles. The largest absolute Gasteiger partial charge is 0.497 e. The average Bonchev–Trinajstić information content (AvgIpc) is 3.07. The van der Waals surface area contributed by atoms with Crippen molar-refractivity contribution in [1.82, 2.24) is 5.32 Å². The molecule has 2 atom stereocenters. The number of aliphatic hydroxyl groups is 1. The van der Waals surface area contributed by atoms with E-state index in [1.807, 2.05) is 31.2 Å². The minimum atomic E-state index is -0.301. The lowest BCUT2D eigenvalue weighted by atomic mass is 10.0. The number of ether oxygens (including phenoxy) is 1. The first kappa shape index (κ1) is 17.8. The van der Waals surface area contributed by atoms with Gasteiger partial charge < -0.3 is 20.5 Å². The molecule has 128 valence electrons. The number of methoxy groups -OCH3 is 1. The molecule has 5 nitrogen and oxygen atoms in total. The number of anilines is 1. The minimum absolute atomic E-state index is 0.0318. The summed E-state index contributed by atoms with van der Waals surface area (Å²) in [5.41, 5.74) is 0.758. The van der Waals surface area contributed by atoms with Gasteiger partial charge in [-0.3, -0.25) is 4.79 Å². The predicted molar refractivity (Wildman–Crippen MR) is 91.7 cm³/mol. The maximum atomic E-state index is 12.0. The van der Waals surface area contributed by atoms with E-state index in [9.17, 15) is 9.90 Å². The van der Waals surface area contributed by atoms with E-state index in [0.29, 0.717) is 18.9 Å². The molecular formula is C18H28N2O3. The zero-order chi connectivity index (χ0) is 16.7. The third kappa shape index (κ3) is 5.84. The summed E-state index contributed by atoms with van der Waals surface area (Å²) in [6.45, 7) is 2.52. The number of hydrogen-bond acceptors (Lipinski definition) is 4. The highest BCUT2D eigenvalue weighted by atomic mass is 16.5. The molecule has 0 aliphatic heterocycles. The van der Waals surface area contributed by atoms with Gasteiger partial charge in [-0.25, -0.2) is 0 Å². The highest BCUT2D eigenvalue weighted by molar-refractivity contribution is 5.91. The SMILES string of the molecule is COc1ccc(NC(=O)CC(C)NCC(O)C2CCCC2)cc1. The van der Waals surface area contributed by atoms with Crippen LogP contribution < -0.4 is 15.4 Å². The molecule has 0 saturated heterocycles. The molecule has 1 amide bonds. The van der Waals surface area contributed by atoms with Gasteiger partial charge in [-0.2, -0.15) is 0 Å². The van der Waals surface area contributed by atoms with Crippen molar-refractivity contribution in [2.45, 2.75) is 51.2 Å². The van der Waals surface area contributed by atoms with Crippen molar-refractivity contribution >= 4 is 11.6 Å². The Morgan fingerprint density at radius 2 is 1.96 bits per heavy atom. The first-order valence-corrected chi connectivity index (χ1v) is 8.44. The normalized spacial score (nSPS) is 17.7. The van der Waals surface area contributed by atoms with E-state index in [1.54, 1.807) is 7.11 Å². The highest BCUT2D eigenvalue weighted by Gasteiger charge is 2.23. The number of carbonyl (C=O) groups excluding carboxylic acids is 1. The van der Waals surface area contributed by atoms with Crippen LogP contribution in [0.3, 0.4) is 0 Å². The predicted octanol–water partition coefficient (Wildman–Crippen LogP) is 2.55. The van der Waals surface area contributed by atoms with Crippen LogP contribution >= 0.6 is 0 Å². The van der Waals surface area contributed by atoms with E-state index in [2.05, 4.69) is 10.6 Å². The van der Waals surface area contributed by atoms with Gasteiger partial charge in [0.05, 0.1) is 13.2 Å². The molecule has 2 unspecified atom stereocenters. The lowest BCUT2D eigenvalue weighted by Gasteiger charge is -2.21. The highest BCUT2D eigenvalue weighted by Crippen LogP contribution is 2.27. The molecule has 1 aromatic carbocycles. The van der Waals surface area contributed by atoms with Crippen LogP contribution in [0.4, 0.5) is 5.69 Å². The molecule has 0 bridgehead atoms. The van der Waals surface area contributed by atoms with Crippen molar-refractivity contribution in [1.29, 1.82) is 0 Å². The fraction of sp³-hybridized carbons (Fsp3) is 0.611. The van der Waals surface area contributed by atoms with Crippen molar-refractivity contribution in [3.05, 3.63) is 24.3 Å². The Balaban J connectivity index is 1.69. The third-order valence-electron chi connectivity index (χ3n) is 4.48. The summed E-state index contributed by atoms with van der Waals surface area (Å²) in [4.78, 5) is 12.0. The standard InChI is InChI=1S/C18H28N2O3/c1-13(19-12-17(21)14-5-3-4-6-14)11-18(22)20-15-7-9-16(23-2)10-8-15/h7-10,13-14,17,19,21H,3-6,11-12H2,1-2H3,(H,20,22). The number of rotatable bonds is 8. The fourth-order valence-electron chi connectivity index (χ4n) is 3.07. The second-order valence-electron chi connectivity index (χ2n) is 6.40. The van der Waals surface area contributed by atoms with E-state index in [1.165, 1.54) is 12.8 Å². The number of nitrogens with one attached hydrogen (secondary N) is 2. The van der Waals surface area contributed by atoms with Crippen LogP contribution in [0.25, 0.3) is 0 Å². The Hall–Kier alpha value is -1.59. The molecule has 0 radical (unpaired) electrons. The molecule has 3 N–H and O–H groups in total. The van der Waals surface area contributed by atoms with Crippen LogP contribution in [-0.2, 0) is 4.79 Å². The van der Waals surface area contributed by atoms with Crippen molar-refractivity contribution in [2.24, 2.45) is 5.92 Å².